The van der Waals surface area contributed by atoms with Gasteiger partial charge in [-0.15, -0.1) is 11.3 Å². The monoisotopic (exact) mass is 378 g/mol. The van der Waals surface area contributed by atoms with E-state index >= 15 is 0 Å². The molecule has 2 aromatic rings. The number of aryl methyl sites for hydroxylation is 1. The van der Waals surface area contributed by atoms with Gasteiger partial charge in [-0.1, -0.05) is 13.0 Å². The quantitative estimate of drug-likeness (QED) is 0.867. The zero-order valence-corrected chi connectivity index (χ0v) is 15.8. The number of amides is 1. The van der Waals surface area contributed by atoms with Crippen LogP contribution in [0.3, 0.4) is 0 Å². The SMILES string of the molecule is CCN(CC(=O)O)C1CCN(C(=O)c2sc3cccc(F)c3c2C)CC1. The van der Waals surface area contributed by atoms with E-state index in [0.29, 0.717) is 35.5 Å². The lowest BCUT2D eigenvalue weighted by molar-refractivity contribution is -0.139. The second-order valence-corrected chi connectivity index (χ2v) is 7.70. The van der Waals surface area contributed by atoms with Crippen molar-refractivity contribution in [1.29, 1.82) is 0 Å². The van der Waals surface area contributed by atoms with E-state index in [2.05, 4.69) is 0 Å². The number of carboxylic acid groups (broad SMARTS) is 1. The molecule has 0 unspecified atom stereocenters. The van der Waals surface area contributed by atoms with Crippen molar-refractivity contribution in [2.45, 2.75) is 32.7 Å². The highest BCUT2D eigenvalue weighted by atomic mass is 32.1. The Morgan fingerprint density at radius 2 is 2.04 bits per heavy atom. The molecule has 3 rings (SSSR count). The average Bonchev–Trinajstić information content (AvgIpc) is 2.97. The summed E-state index contributed by atoms with van der Waals surface area (Å²) in [6, 6.07) is 5.10. The van der Waals surface area contributed by atoms with Gasteiger partial charge in [-0.3, -0.25) is 14.5 Å². The van der Waals surface area contributed by atoms with E-state index in [4.69, 9.17) is 5.11 Å². The number of carbonyl (C=O) groups is 2. The molecule has 5 nitrogen and oxygen atoms in total. The average molecular weight is 378 g/mol. The number of piperidine rings is 1. The van der Waals surface area contributed by atoms with Crippen molar-refractivity contribution in [3.63, 3.8) is 0 Å². The smallest absolute Gasteiger partial charge is 0.317 e. The molecule has 0 spiro atoms. The first-order valence-electron chi connectivity index (χ1n) is 8.85. The Kier molecular flexibility index (Phi) is 5.58. The van der Waals surface area contributed by atoms with E-state index in [1.165, 1.54) is 17.4 Å². The van der Waals surface area contributed by atoms with Crippen molar-refractivity contribution < 1.29 is 19.1 Å². The van der Waals surface area contributed by atoms with Crippen molar-refractivity contribution in [1.82, 2.24) is 9.80 Å². The zero-order chi connectivity index (χ0) is 18.8. The molecule has 1 fully saturated rings. The van der Waals surface area contributed by atoms with E-state index in [1.54, 1.807) is 17.9 Å². The third kappa shape index (κ3) is 3.59. The van der Waals surface area contributed by atoms with Gasteiger partial charge in [0.05, 0.1) is 11.4 Å². The molecule has 1 amide bonds. The van der Waals surface area contributed by atoms with Gasteiger partial charge in [0, 0.05) is 29.2 Å². The molecule has 0 bridgehead atoms. The first-order chi connectivity index (χ1) is 12.4. The number of likely N-dealkylation sites (tertiary alicyclic amines) is 1. The highest BCUT2D eigenvalue weighted by Gasteiger charge is 2.29. The molecule has 1 saturated heterocycles. The molecule has 1 aromatic carbocycles. The van der Waals surface area contributed by atoms with E-state index in [0.717, 1.165) is 17.5 Å². The number of halogens is 1. The minimum Gasteiger partial charge on any atom is -0.480 e. The molecule has 1 N–H and O–H groups in total. The summed E-state index contributed by atoms with van der Waals surface area (Å²) < 4.78 is 14.9. The number of fused-ring (bicyclic) bond motifs is 1. The number of hydrogen-bond acceptors (Lipinski definition) is 4. The van der Waals surface area contributed by atoms with Crippen LogP contribution in [0.4, 0.5) is 4.39 Å². The van der Waals surface area contributed by atoms with Crippen LogP contribution >= 0.6 is 11.3 Å². The van der Waals surface area contributed by atoms with E-state index in [9.17, 15) is 14.0 Å². The largest absolute Gasteiger partial charge is 0.480 e. The Labute approximate surface area is 156 Å². The lowest BCUT2D eigenvalue weighted by Gasteiger charge is -2.37. The van der Waals surface area contributed by atoms with Crippen molar-refractivity contribution in [2.75, 3.05) is 26.2 Å². The second kappa shape index (κ2) is 7.72. The summed E-state index contributed by atoms with van der Waals surface area (Å²) in [7, 11) is 0. The number of hydrogen-bond donors (Lipinski definition) is 1. The number of carboxylic acids is 1. The minimum atomic E-state index is -0.826. The highest BCUT2D eigenvalue weighted by molar-refractivity contribution is 7.21. The first-order valence-corrected chi connectivity index (χ1v) is 9.66. The minimum absolute atomic E-state index is 0.0316. The molecule has 140 valence electrons. The lowest BCUT2D eigenvalue weighted by Crippen LogP contribution is -2.48. The first kappa shape index (κ1) is 18.8. The molecule has 0 saturated carbocycles. The second-order valence-electron chi connectivity index (χ2n) is 6.65. The van der Waals surface area contributed by atoms with Gasteiger partial charge in [0.2, 0.25) is 0 Å². The van der Waals surface area contributed by atoms with Crippen molar-refractivity contribution in [3.8, 4) is 0 Å². The van der Waals surface area contributed by atoms with Gasteiger partial charge in [-0.2, -0.15) is 0 Å². The molecule has 0 atom stereocenters. The summed E-state index contributed by atoms with van der Waals surface area (Å²) >= 11 is 1.34. The van der Waals surface area contributed by atoms with Crippen molar-refractivity contribution >= 4 is 33.3 Å². The van der Waals surface area contributed by atoms with Crippen molar-refractivity contribution in [3.05, 3.63) is 34.5 Å². The maximum absolute atomic E-state index is 14.1. The van der Waals surface area contributed by atoms with Gasteiger partial charge in [0.1, 0.15) is 5.82 Å². The fourth-order valence-corrected chi connectivity index (χ4v) is 4.90. The highest BCUT2D eigenvalue weighted by Crippen LogP contribution is 2.34. The Bertz CT molecular complexity index is 828. The van der Waals surface area contributed by atoms with Crippen LogP contribution in [0.5, 0.6) is 0 Å². The van der Waals surface area contributed by atoms with Crippen LogP contribution in [0.2, 0.25) is 0 Å². The topological polar surface area (TPSA) is 60.9 Å². The van der Waals surface area contributed by atoms with Crippen molar-refractivity contribution in [2.24, 2.45) is 0 Å². The number of carbonyl (C=O) groups excluding carboxylic acids is 1. The van der Waals surface area contributed by atoms with Gasteiger partial charge < -0.3 is 10.0 Å². The van der Waals surface area contributed by atoms with Crippen LogP contribution in [0.15, 0.2) is 18.2 Å². The molecule has 26 heavy (non-hydrogen) atoms. The van der Waals surface area contributed by atoms with Gasteiger partial charge >= 0.3 is 5.97 Å². The fourth-order valence-electron chi connectivity index (χ4n) is 3.71. The summed E-state index contributed by atoms with van der Waals surface area (Å²) in [5, 5.41) is 9.56. The van der Waals surface area contributed by atoms with E-state index < -0.39 is 5.97 Å². The Balaban J connectivity index is 1.72. The maximum atomic E-state index is 14.1. The molecule has 1 aliphatic heterocycles. The Morgan fingerprint density at radius 1 is 1.35 bits per heavy atom. The third-order valence-corrected chi connectivity index (χ3v) is 6.35. The predicted molar refractivity (Wildman–Crippen MR) is 100 cm³/mol. The van der Waals surface area contributed by atoms with Crippen LogP contribution < -0.4 is 0 Å². The number of rotatable bonds is 5. The van der Waals surface area contributed by atoms with Crippen LogP contribution in [-0.4, -0.2) is 59.0 Å². The molecule has 0 aliphatic carbocycles. The van der Waals surface area contributed by atoms with E-state index in [1.807, 2.05) is 17.9 Å². The molecule has 1 aliphatic rings. The van der Waals surface area contributed by atoms with Gasteiger partial charge in [-0.05, 0) is 44.0 Å². The molecule has 2 heterocycles. The zero-order valence-electron chi connectivity index (χ0n) is 15.0. The van der Waals surface area contributed by atoms with Gasteiger partial charge in [-0.25, -0.2) is 4.39 Å². The predicted octanol–water partition coefficient (Wildman–Crippen LogP) is 3.36. The fraction of sp³-hybridized carbons (Fsp3) is 0.474. The summed E-state index contributed by atoms with van der Waals surface area (Å²) in [6.07, 6.45) is 1.51. The Hall–Kier alpha value is -1.99. The molecular formula is C19H23FN2O3S. The number of thiophene rings is 1. The van der Waals surface area contributed by atoms with Crippen LogP contribution in [0, 0.1) is 12.7 Å². The normalized spacial score (nSPS) is 15.8. The van der Waals surface area contributed by atoms with Gasteiger partial charge in [0.25, 0.3) is 5.91 Å². The molecular weight excluding hydrogens is 355 g/mol. The third-order valence-electron chi connectivity index (χ3n) is 5.11. The summed E-state index contributed by atoms with van der Waals surface area (Å²) in [6.45, 7) is 5.65. The number of aliphatic carboxylic acids is 1. The van der Waals surface area contributed by atoms with Crippen LogP contribution in [-0.2, 0) is 4.79 Å². The lowest BCUT2D eigenvalue weighted by atomic mass is 10.0. The van der Waals surface area contributed by atoms with E-state index in [-0.39, 0.29) is 24.3 Å². The van der Waals surface area contributed by atoms with Gasteiger partial charge in [0.15, 0.2) is 0 Å². The summed E-state index contributed by atoms with van der Waals surface area (Å²) in [4.78, 5) is 28.3. The Morgan fingerprint density at radius 3 is 2.62 bits per heavy atom. The van der Waals surface area contributed by atoms with Crippen LogP contribution in [0.25, 0.3) is 10.1 Å². The number of nitrogens with zero attached hydrogens (tertiary/aromatic N) is 2. The van der Waals surface area contributed by atoms with Crippen LogP contribution in [0.1, 0.15) is 35.0 Å². The standard InChI is InChI=1S/C19H23FN2O3S/c1-3-21(11-16(23)24)13-7-9-22(10-8-13)19(25)18-12(2)17-14(20)5-4-6-15(17)26-18/h4-6,13H,3,7-11H2,1-2H3,(H,23,24). The summed E-state index contributed by atoms with van der Waals surface area (Å²) in [5.74, 6) is -1.17. The maximum Gasteiger partial charge on any atom is 0.317 e. The number of likely N-dealkylation sites (N-methyl/N-ethyl adjacent to an activating group) is 1. The molecule has 1 aromatic heterocycles. The number of benzene rings is 1. The summed E-state index contributed by atoms with van der Waals surface area (Å²) in [5.41, 5.74) is 0.705. The molecule has 0 radical (unpaired) electrons. The molecule has 7 heteroatoms.